The van der Waals surface area contributed by atoms with E-state index in [1.165, 1.54) is 32.4 Å². The fraction of sp³-hybridized carbons (Fsp3) is 0.560. The average molecular weight is 490 g/mol. The Hall–Kier alpha value is -3.27. The third-order valence-electron chi connectivity index (χ3n) is 5.94. The summed E-state index contributed by atoms with van der Waals surface area (Å²) in [6, 6.07) is 4.19. The van der Waals surface area contributed by atoms with Crippen LogP contribution in [0.5, 0.6) is 5.75 Å². The Bertz CT molecular complexity index is 987. The lowest BCUT2D eigenvalue weighted by Gasteiger charge is -2.31. The molecule has 1 aromatic rings. The molecule has 0 fully saturated rings. The molecule has 1 aliphatic heterocycles. The minimum absolute atomic E-state index is 0.138. The van der Waals surface area contributed by atoms with Crippen molar-refractivity contribution < 1.29 is 28.7 Å². The molecular weight excluding hydrogens is 454 g/mol. The van der Waals surface area contributed by atoms with Gasteiger partial charge in [0.1, 0.15) is 11.7 Å². The van der Waals surface area contributed by atoms with Gasteiger partial charge in [-0.3, -0.25) is 19.9 Å². The summed E-state index contributed by atoms with van der Waals surface area (Å²) in [7, 11) is 2.48. The second kappa shape index (κ2) is 13.6. The van der Waals surface area contributed by atoms with Crippen LogP contribution in [0.25, 0.3) is 0 Å². The summed E-state index contributed by atoms with van der Waals surface area (Å²) >= 11 is 0. The summed E-state index contributed by atoms with van der Waals surface area (Å²) in [6.45, 7) is 7.66. The molecule has 0 spiro atoms. The number of aliphatic imine (C=N–C) groups is 1. The Morgan fingerprint density at radius 2 is 1.83 bits per heavy atom. The predicted molar refractivity (Wildman–Crippen MR) is 132 cm³/mol. The SMILES string of the molecule is CCCCNCCCCOc1ccc([N+](=O)[O-])cc1C1C(C(=O)OC)=C(C)N=C(C)C1C(=O)OC. The summed E-state index contributed by atoms with van der Waals surface area (Å²) in [4.78, 5) is 41.0. The van der Waals surface area contributed by atoms with Gasteiger partial charge in [-0.1, -0.05) is 13.3 Å². The summed E-state index contributed by atoms with van der Waals surface area (Å²) in [5.74, 6) is -2.81. The standard InChI is InChI=1S/C25H35N3O7/c1-6-7-12-26-13-8-9-14-35-20-11-10-18(28(31)32)15-19(20)23-21(24(29)33-4)16(2)27-17(3)22(23)25(30)34-5/h10-11,15,21,23,26H,6-9,12-14H2,1-5H3. The number of nitrogens with one attached hydrogen (secondary N) is 1. The lowest BCUT2D eigenvalue weighted by Crippen LogP contribution is -2.36. The molecule has 1 aliphatic rings. The molecule has 0 aromatic heterocycles. The maximum Gasteiger partial charge on any atom is 0.336 e. The van der Waals surface area contributed by atoms with Crippen LogP contribution in [0.3, 0.4) is 0 Å². The van der Waals surface area contributed by atoms with Crippen molar-refractivity contribution in [2.24, 2.45) is 10.9 Å². The van der Waals surface area contributed by atoms with Crippen molar-refractivity contribution in [2.45, 2.75) is 52.4 Å². The highest BCUT2D eigenvalue weighted by Gasteiger charge is 2.43. The van der Waals surface area contributed by atoms with Crippen LogP contribution in [-0.2, 0) is 19.1 Å². The van der Waals surface area contributed by atoms with Gasteiger partial charge in [-0.15, -0.1) is 0 Å². The van der Waals surface area contributed by atoms with Gasteiger partial charge in [0, 0.05) is 35.0 Å². The molecule has 0 saturated carbocycles. The van der Waals surface area contributed by atoms with Crippen molar-refractivity contribution in [1.82, 2.24) is 5.32 Å². The number of esters is 2. The van der Waals surface area contributed by atoms with Crippen LogP contribution in [-0.4, -0.2) is 56.5 Å². The number of rotatable bonds is 13. The van der Waals surface area contributed by atoms with Crippen LogP contribution < -0.4 is 10.1 Å². The maximum absolute atomic E-state index is 12.8. The van der Waals surface area contributed by atoms with E-state index in [0.717, 1.165) is 38.8 Å². The largest absolute Gasteiger partial charge is 0.493 e. The molecule has 1 N–H and O–H groups in total. The molecule has 2 rings (SSSR count). The van der Waals surface area contributed by atoms with E-state index in [4.69, 9.17) is 14.2 Å². The minimum Gasteiger partial charge on any atom is -0.493 e. The molecule has 35 heavy (non-hydrogen) atoms. The number of hydrogen-bond donors (Lipinski definition) is 1. The van der Waals surface area contributed by atoms with Crippen LogP contribution in [0.4, 0.5) is 5.69 Å². The van der Waals surface area contributed by atoms with Crippen molar-refractivity contribution >= 4 is 23.3 Å². The first-order valence-electron chi connectivity index (χ1n) is 11.8. The van der Waals surface area contributed by atoms with Gasteiger partial charge >= 0.3 is 11.9 Å². The summed E-state index contributed by atoms with van der Waals surface area (Å²) in [5, 5.41) is 14.9. The fourth-order valence-corrected chi connectivity index (χ4v) is 4.17. The van der Waals surface area contributed by atoms with E-state index in [1.807, 2.05) is 0 Å². The molecule has 0 saturated heterocycles. The second-order valence-corrected chi connectivity index (χ2v) is 8.36. The monoisotopic (exact) mass is 489 g/mol. The first-order valence-corrected chi connectivity index (χ1v) is 11.8. The van der Waals surface area contributed by atoms with Crippen LogP contribution in [0.1, 0.15) is 57.9 Å². The van der Waals surface area contributed by atoms with Crippen LogP contribution in [0, 0.1) is 16.0 Å². The number of carbonyl (C=O) groups is 2. The number of nitro groups is 1. The van der Waals surface area contributed by atoms with Crippen molar-refractivity contribution in [2.75, 3.05) is 33.9 Å². The van der Waals surface area contributed by atoms with Crippen molar-refractivity contribution in [3.63, 3.8) is 0 Å². The number of nitrogens with zero attached hydrogens (tertiary/aromatic N) is 2. The van der Waals surface area contributed by atoms with Gasteiger partial charge in [0.05, 0.1) is 31.3 Å². The van der Waals surface area contributed by atoms with Crippen molar-refractivity contribution in [1.29, 1.82) is 0 Å². The molecule has 10 heteroatoms. The van der Waals surface area contributed by atoms with Gasteiger partial charge in [-0.05, 0) is 52.3 Å². The van der Waals surface area contributed by atoms with E-state index < -0.39 is 28.7 Å². The molecule has 10 nitrogen and oxygen atoms in total. The zero-order valence-electron chi connectivity index (χ0n) is 21.1. The molecular formula is C25H35N3O7. The van der Waals surface area contributed by atoms with Gasteiger partial charge < -0.3 is 19.5 Å². The molecule has 0 bridgehead atoms. The normalized spacial score (nSPS) is 17.6. The Kier molecular flexibility index (Phi) is 10.8. The Morgan fingerprint density at radius 1 is 1.11 bits per heavy atom. The number of hydrogen-bond acceptors (Lipinski definition) is 9. The molecule has 2 atom stereocenters. The lowest BCUT2D eigenvalue weighted by molar-refractivity contribution is -0.385. The molecule has 0 radical (unpaired) electrons. The van der Waals surface area contributed by atoms with E-state index >= 15 is 0 Å². The highest BCUT2D eigenvalue weighted by atomic mass is 16.6. The maximum atomic E-state index is 12.8. The van der Waals surface area contributed by atoms with Crippen LogP contribution in [0.15, 0.2) is 34.5 Å². The smallest absolute Gasteiger partial charge is 0.336 e. The Labute approximate surface area is 205 Å². The predicted octanol–water partition coefficient (Wildman–Crippen LogP) is 3.94. The second-order valence-electron chi connectivity index (χ2n) is 8.36. The topological polar surface area (TPSA) is 129 Å². The highest BCUT2D eigenvalue weighted by molar-refractivity contribution is 6.07. The number of ether oxygens (including phenoxy) is 3. The van der Waals surface area contributed by atoms with Crippen LogP contribution >= 0.6 is 0 Å². The molecule has 1 heterocycles. The van der Waals surface area contributed by atoms with E-state index in [-0.39, 0.29) is 11.3 Å². The lowest BCUT2D eigenvalue weighted by atomic mass is 9.75. The summed E-state index contributed by atoms with van der Waals surface area (Å²) < 4.78 is 16.0. The third kappa shape index (κ3) is 7.11. The van der Waals surface area contributed by atoms with Crippen molar-refractivity contribution in [3.8, 4) is 5.75 Å². The first kappa shape index (κ1) is 28.0. The van der Waals surface area contributed by atoms with Crippen molar-refractivity contribution in [3.05, 3.63) is 45.1 Å². The van der Waals surface area contributed by atoms with Gasteiger partial charge in [0.25, 0.3) is 5.69 Å². The number of benzene rings is 1. The summed E-state index contributed by atoms with van der Waals surface area (Å²) in [5.41, 5.74) is 1.10. The number of non-ortho nitro benzene ring substituents is 1. The molecule has 1 aromatic carbocycles. The molecule has 2 unspecified atom stereocenters. The van der Waals surface area contributed by atoms with E-state index in [0.29, 0.717) is 29.3 Å². The molecule has 0 amide bonds. The number of nitro benzene ring substituents is 1. The zero-order chi connectivity index (χ0) is 26.0. The van der Waals surface area contributed by atoms with Gasteiger partial charge in [-0.2, -0.15) is 0 Å². The highest BCUT2D eigenvalue weighted by Crippen LogP contribution is 2.44. The van der Waals surface area contributed by atoms with Gasteiger partial charge in [0.15, 0.2) is 0 Å². The molecule has 192 valence electrons. The Balaban J connectivity index is 2.43. The summed E-state index contributed by atoms with van der Waals surface area (Å²) in [6.07, 6.45) is 3.93. The Morgan fingerprint density at radius 3 is 2.46 bits per heavy atom. The number of unbranched alkanes of at least 4 members (excludes halogenated alkanes) is 2. The van der Waals surface area contributed by atoms with E-state index in [1.54, 1.807) is 13.8 Å². The molecule has 0 aliphatic carbocycles. The first-order chi connectivity index (χ1) is 16.8. The average Bonchev–Trinajstić information content (AvgIpc) is 2.84. The third-order valence-corrected chi connectivity index (χ3v) is 5.94. The minimum atomic E-state index is -0.968. The van der Waals surface area contributed by atoms with E-state index in [2.05, 4.69) is 17.2 Å². The number of allylic oxidation sites excluding steroid dienone is 1. The number of carbonyl (C=O) groups excluding carboxylic acids is 2. The van der Waals surface area contributed by atoms with Gasteiger partial charge in [0.2, 0.25) is 0 Å². The van der Waals surface area contributed by atoms with Gasteiger partial charge in [-0.25, -0.2) is 4.79 Å². The fourth-order valence-electron chi connectivity index (χ4n) is 4.17. The number of methoxy groups -OCH3 is 2. The zero-order valence-corrected chi connectivity index (χ0v) is 21.1. The van der Waals surface area contributed by atoms with Crippen LogP contribution in [0.2, 0.25) is 0 Å². The quantitative estimate of drug-likeness (QED) is 0.191. The van der Waals surface area contributed by atoms with E-state index in [9.17, 15) is 19.7 Å².